The number of sulfonamides is 1. The molecule has 1 fully saturated rings. The third-order valence-electron chi connectivity index (χ3n) is 4.86. The van der Waals surface area contributed by atoms with Gasteiger partial charge in [-0.05, 0) is 38.0 Å². The second-order valence-corrected chi connectivity index (χ2v) is 9.89. The zero-order chi connectivity index (χ0) is 18.2. The molecule has 2 aromatic rings. The quantitative estimate of drug-likeness (QED) is 0.715. The van der Waals surface area contributed by atoms with Gasteiger partial charge in [-0.25, -0.2) is 12.7 Å². The maximum absolute atomic E-state index is 12.1. The fourth-order valence-electron chi connectivity index (χ4n) is 3.34. The number of hydrogen-bond donors (Lipinski definition) is 0. The summed E-state index contributed by atoms with van der Waals surface area (Å²) in [7, 11) is -1.45. The number of benzene rings is 1. The molecule has 0 radical (unpaired) electrons. The molecule has 0 saturated carbocycles. The first-order valence-electron chi connectivity index (χ1n) is 8.28. The van der Waals surface area contributed by atoms with Crippen molar-refractivity contribution in [3.8, 4) is 0 Å². The van der Waals surface area contributed by atoms with E-state index < -0.39 is 10.0 Å². The van der Waals surface area contributed by atoms with Gasteiger partial charge in [-0.15, -0.1) is 0 Å². The van der Waals surface area contributed by atoms with Gasteiger partial charge in [0.25, 0.3) is 0 Å². The number of fused-ring (bicyclic) bond motifs is 1. The van der Waals surface area contributed by atoms with Crippen LogP contribution >= 0.6 is 27.5 Å². The first-order chi connectivity index (χ1) is 11.8. The van der Waals surface area contributed by atoms with Gasteiger partial charge >= 0.3 is 0 Å². The van der Waals surface area contributed by atoms with E-state index in [2.05, 4.69) is 25.8 Å². The molecule has 0 N–H and O–H groups in total. The minimum atomic E-state index is -3.14. The number of piperidine rings is 1. The van der Waals surface area contributed by atoms with Gasteiger partial charge in [-0.3, -0.25) is 4.98 Å². The molecular formula is C17H21BrClN3O2S. The topological polar surface area (TPSA) is 53.5 Å². The van der Waals surface area contributed by atoms with Crippen LogP contribution in [-0.2, 0) is 10.0 Å². The molecule has 0 spiro atoms. The molecule has 0 bridgehead atoms. The highest BCUT2D eigenvalue weighted by Crippen LogP contribution is 2.34. The second-order valence-electron chi connectivity index (χ2n) is 6.25. The summed E-state index contributed by atoms with van der Waals surface area (Å²) in [5.74, 6) is 0.144. The normalized spacial score (nSPS) is 16.8. The molecule has 0 aliphatic carbocycles. The Kier molecular flexibility index (Phi) is 5.58. The summed E-state index contributed by atoms with van der Waals surface area (Å²) in [6.45, 7) is 3.29. The Hall–Kier alpha value is -0.890. The van der Waals surface area contributed by atoms with Crippen molar-refractivity contribution in [1.29, 1.82) is 0 Å². The number of nitrogens with zero attached hydrogens (tertiary/aromatic N) is 3. The standard InChI is InChI=1S/C17H21BrClN3O2S/c1-3-25(23,24)21(2)13-5-8-22(9-6-13)16-4-7-20-17-14(16)10-12(18)11-15(17)19/h4,7,10-11,13H,3,5-6,8-9H2,1-2H3. The van der Waals surface area contributed by atoms with Crippen molar-refractivity contribution in [1.82, 2.24) is 9.29 Å². The zero-order valence-corrected chi connectivity index (χ0v) is 17.4. The van der Waals surface area contributed by atoms with Crippen molar-refractivity contribution < 1.29 is 8.42 Å². The van der Waals surface area contributed by atoms with Crippen molar-refractivity contribution in [3.63, 3.8) is 0 Å². The van der Waals surface area contributed by atoms with E-state index >= 15 is 0 Å². The number of hydrogen-bond acceptors (Lipinski definition) is 4. The molecule has 1 aliphatic rings. The third-order valence-corrected chi connectivity index (χ3v) is 7.51. The molecule has 1 aliphatic heterocycles. The largest absolute Gasteiger partial charge is 0.371 e. The molecule has 8 heteroatoms. The summed E-state index contributed by atoms with van der Waals surface area (Å²) in [5, 5.41) is 1.63. The lowest BCUT2D eigenvalue weighted by molar-refractivity contribution is 0.312. The van der Waals surface area contributed by atoms with Gasteiger partial charge in [0.15, 0.2) is 0 Å². The Morgan fingerprint density at radius 1 is 1.36 bits per heavy atom. The van der Waals surface area contributed by atoms with Gasteiger partial charge in [-0.2, -0.15) is 0 Å². The molecule has 1 aromatic carbocycles. The first kappa shape index (κ1) is 18.9. The van der Waals surface area contributed by atoms with E-state index in [9.17, 15) is 8.42 Å². The Balaban J connectivity index is 1.83. The molecular weight excluding hydrogens is 426 g/mol. The fourth-order valence-corrected chi connectivity index (χ4v) is 5.27. The van der Waals surface area contributed by atoms with Gasteiger partial charge < -0.3 is 4.90 Å². The van der Waals surface area contributed by atoms with E-state index in [1.807, 2.05) is 18.2 Å². The minimum Gasteiger partial charge on any atom is -0.371 e. The Morgan fingerprint density at radius 2 is 2.04 bits per heavy atom. The van der Waals surface area contributed by atoms with E-state index in [4.69, 9.17) is 11.6 Å². The molecule has 0 amide bonds. The average Bonchev–Trinajstić information content (AvgIpc) is 2.60. The van der Waals surface area contributed by atoms with Crippen LogP contribution in [0.3, 0.4) is 0 Å². The molecule has 136 valence electrons. The predicted octanol–water partition coefficient (Wildman–Crippen LogP) is 3.90. The van der Waals surface area contributed by atoms with Gasteiger partial charge in [0.1, 0.15) is 0 Å². The maximum atomic E-state index is 12.1. The van der Waals surface area contributed by atoms with Crippen LogP contribution in [0.25, 0.3) is 10.9 Å². The molecule has 25 heavy (non-hydrogen) atoms. The lowest BCUT2D eigenvalue weighted by Gasteiger charge is -2.37. The van der Waals surface area contributed by atoms with Crippen molar-refractivity contribution in [2.24, 2.45) is 0 Å². The van der Waals surface area contributed by atoms with Crippen LogP contribution in [-0.4, -0.2) is 49.6 Å². The van der Waals surface area contributed by atoms with Gasteiger partial charge in [0.2, 0.25) is 10.0 Å². The third kappa shape index (κ3) is 3.79. The summed E-state index contributed by atoms with van der Waals surface area (Å²) in [5.41, 5.74) is 1.88. The van der Waals surface area contributed by atoms with Crippen molar-refractivity contribution >= 4 is 54.1 Å². The smallest absolute Gasteiger partial charge is 0.213 e. The molecule has 0 unspecified atom stereocenters. The summed E-state index contributed by atoms with van der Waals surface area (Å²) in [6, 6.07) is 5.93. The van der Waals surface area contributed by atoms with Crippen LogP contribution < -0.4 is 4.90 Å². The summed E-state index contributed by atoms with van der Waals surface area (Å²) < 4.78 is 26.6. The van der Waals surface area contributed by atoms with Crippen molar-refractivity contribution in [2.45, 2.75) is 25.8 Å². The van der Waals surface area contributed by atoms with Crippen LogP contribution in [0.1, 0.15) is 19.8 Å². The van der Waals surface area contributed by atoms with Crippen LogP contribution in [0.4, 0.5) is 5.69 Å². The summed E-state index contributed by atoms with van der Waals surface area (Å²) in [6.07, 6.45) is 3.39. The SMILES string of the molecule is CCS(=O)(=O)N(C)C1CCN(c2ccnc3c(Cl)cc(Br)cc23)CC1. The lowest BCUT2D eigenvalue weighted by atomic mass is 10.0. The molecule has 0 atom stereocenters. The monoisotopic (exact) mass is 445 g/mol. The van der Waals surface area contributed by atoms with E-state index in [1.54, 1.807) is 24.5 Å². The number of rotatable bonds is 4. The highest BCUT2D eigenvalue weighted by Gasteiger charge is 2.29. The molecule has 1 saturated heterocycles. The van der Waals surface area contributed by atoms with E-state index in [-0.39, 0.29) is 11.8 Å². The van der Waals surface area contributed by atoms with E-state index in [1.165, 1.54) is 0 Å². The highest BCUT2D eigenvalue weighted by molar-refractivity contribution is 9.10. The van der Waals surface area contributed by atoms with E-state index in [0.29, 0.717) is 5.02 Å². The van der Waals surface area contributed by atoms with Gasteiger partial charge in [-0.1, -0.05) is 27.5 Å². The second kappa shape index (κ2) is 7.39. The highest BCUT2D eigenvalue weighted by atomic mass is 79.9. The Bertz CT molecular complexity index is 883. The predicted molar refractivity (Wildman–Crippen MR) is 107 cm³/mol. The van der Waals surface area contributed by atoms with E-state index in [0.717, 1.165) is 47.0 Å². The number of aromatic nitrogens is 1. The van der Waals surface area contributed by atoms with Crippen LogP contribution in [0.5, 0.6) is 0 Å². The Morgan fingerprint density at radius 3 is 2.68 bits per heavy atom. The summed E-state index contributed by atoms with van der Waals surface area (Å²) >= 11 is 9.82. The average molecular weight is 447 g/mol. The number of anilines is 1. The van der Waals surface area contributed by atoms with Crippen molar-refractivity contribution in [2.75, 3.05) is 30.8 Å². The first-order valence-corrected chi connectivity index (χ1v) is 11.1. The molecule has 5 nitrogen and oxygen atoms in total. The minimum absolute atomic E-state index is 0.0598. The maximum Gasteiger partial charge on any atom is 0.213 e. The molecule has 1 aromatic heterocycles. The number of halogens is 2. The number of pyridine rings is 1. The van der Waals surface area contributed by atoms with Crippen LogP contribution in [0.15, 0.2) is 28.9 Å². The van der Waals surface area contributed by atoms with Crippen LogP contribution in [0, 0.1) is 0 Å². The van der Waals surface area contributed by atoms with Crippen LogP contribution in [0.2, 0.25) is 5.02 Å². The summed E-state index contributed by atoms with van der Waals surface area (Å²) in [4.78, 5) is 6.68. The zero-order valence-electron chi connectivity index (χ0n) is 14.2. The van der Waals surface area contributed by atoms with Crippen molar-refractivity contribution in [3.05, 3.63) is 33.9 Å². The molecule has 2 heterocycles. The molecule has 3 rings (SSSR count). The van der Waals surface area contributed by atoms with Gasteiger partial charge in [0.05, 0.1) is 16.3 Å². The fraction of sp³-hybridized carbons (Fsp3) is 0.471. The lowest BCUT2D eigenvalue weighted by Crippen LogP contribution is -2.46. The Labute approximate surface area is 162 Å². The van der Waals surface area contributed by atoms with Gasteiger partial charge in [0, 0.05) is 47.9 Å².